The Morgan fingerprint density at radius 3 is 2.56 bits per heavy atom. The van der Waals surface area contributed by atoms with Gasteiger partial charge in [-0.25, -0.2) is 0 Å². The van der Waals surface area contributed by atoms with E-state index in [1.54, 1.807) is 24.3 Å². The van der Waals surface area contributed by atoms with Crippen molar-refractivity contribution in [1.82, 2.24) is 14.8 Å². The van der Waals surface area contributed by atoms with Crippen LogP contribution in [0.1, 0.15) is 43.5 Å². The first-order valence-electron chi connectivity index (χ1n) is 9.14. The fourth-order valence-corrected chi connectivity index (χ4v) is 3.10. The minimum atomic E-state index is -0.252. The second kappa shape index (κ2) is 9.32. The van der Waals surface area contributed by atoms with Crippen molar-refractivity contribution < 1.29 is 14.3 Å². The summed E-state index contributed by atoms with van der Waals surface area (Å²) in [6.07, 6.45) is 2.93. The van der Waals surface area contributed by atoms with Gasteiger partial charge in [0.2, 0.25) is 0 Å². The fraction of sp³-hybridized carbons (Fsp3) is 0.350. The van der Waals surface area contributed by atoms with Crippen LogP contribution in [0.4, 0.5) is 0 Å². The lowest BCUT2D eigenvalue weighted by Gasteiger charge is -2.07. The Kier molecular flexibility index (Phi) is 6.59. The third-order valence-corrected chi connectivity index (χ3v) is 4.69. The van der Waals surface area contributed by atoms with Crippen molar-refractivity contribution in [3.05, 3.63) is 47.3 Å². The molecular weight excluding hydrogens is 362 g/mol. The van der Waals surface area contributed by atoms with Crippen molar-refractivity contribution in [3.63, 3.8) is 0 Å². The normalized spacial score (nSPS) is 10.7. The van der Waals surface area contributed by atoms with Crippen LogP contribution in [0.15, 0.2) is 41.8 Å². The van der Waals surface area contributed by atoms with Gasteiger partial charge in [0.1, 0.15) is 5.75 Å². The summed E-state index contributed by atoms with van der Waals surface area (Å²) in [5.74, 6) is 0.991. The number of carbonyl (C=O) groups excluding carboxylic acids is 1. The Morgan fingerprint density at radius 2 is 1.89 bits per heavy atom. The molecular formula is C20H23N3O3S. The topological polar surface area (TPSA) is 66.2 Å². The van der Waals surface area contributed by atoms with Crippen LogP contribution in [-0.4, -0.2) is 33.9 Å². The standard InChI is InChI=1S/C20H23N3O3S/c1-3-5-13-25-16-10-8-15(9-11-16)19(24)23-18(17-7-6-14-27-17)21-20(22-23)26-12-4-2/h6-11,14H,3-5,12-13H2,1-2H3. The number of carbonyl (C=O) groups is 1. The summed E-state index contributed by atoms with van der Waals surface area (Å²) in [7, 11) is 0. The average molecular weight is 385 g/mol. The number of benzene rings is 1. The molecule has 0 saturated carbocycles. The number of unbranched alkanes of at least 4 members (excludes halogenated alkanes) is 1. The molecule has 0 fully saturated rings. The van der Waals surface area contributed by atoms with Gasteiger partial charge in [0, 0.05) is 5.56 Å². The molecule has 0 amide bonds. The molecule has 0 bridgehead atoms. The molecule has 3 rings (SSSR count). The van der Waals surface area contributed by atoms with Crippen molar-refractivity contribution in [2.24, 2.45) is 0 Å². The molecule has 0 unspecified atom stereocenters. The predicted octanol–water partition coefficient (Wildman–Crippen LogP) is 4.66. The van der Waals surface area contributed by atoms with Crippen LogP contribution < -0.4 is 9.47 Å². The largest absolute Gasteiger partial charge is 0.494 e. The maximum absolute atomic E-state index is 13.0. The van der Waals surface area contributed by atoms with E-state index >= 15 is 0 Å². The lowest BCUT2D eigenvalue weighted by molar-refractivity contribution is 0.0944. The summed E-state index contributed by atoms with van der Waals surface area (Å²) < 4.78 is 12.5. The molecule has 0 radical (unpaired) electrons. The highest BCUT2D eigenvalue weighted by molar-refractivity contribution is 7.13. The Balaban J connectivity index is 1.83. The summed E-state index contributed by atoms with van der Waals surface area (Å²) >= 11 is 1.50. The molecule has 0 N–H and O–H groups in total. The highest BCUT2D eigenvalue weighted by Crippen LogP contribution is 2.26. The van der Waals surface area contributed by atoms with Crippen LogP contribution >= 0.6 is 11.3 Å². The quantitative estimate of drug-likeness (QED) is 0.501. The van der Waals surface area contributed by atoms with Crippen molar-refractivity contribution in [3.8, 4) is 22.5 Å². The molecule has 7 heteroatoms. The molecule has 142 valence electrons. The van der Waals surface area contributed by atoms with Gasteiger partial charge in [-0.1, -0.05) is 26.3 Å². The highest BCUT2D eigenvalue weighted by atomic mass is 32.1. The van der Waals surface area contributed by atoms with E-state index in [-0.39, 0.29) is 11.9 Å². The van der Waals surface area contributed by atoms with Crippen LogP contribution in [0.25, 0.3) is 10.7 Å². The Hall–Kier alpha value is -2.67. The number of rotatable bonds is 9. The number of thiophene rings is 1. The van der Waals surface area contributed by atoms with E-state index < -0.39 is 0 Å². The molecule has 0 aliphatic rings. The smallest absolute Gasteiger partial charge is 0.336 e. The number of ether oxygens (including phenoxy) is 2. The number of nitrogens with zero attached hydrogens (tertiary/aromatic N) is 3. The first-order chi connectivity index (χ1) is 13.2. The summed E-state index contributed by atoms with van der Waals surface area (Å²) in [5, 5.41) is 6.21. The van der Waals surface area contributed by atoms with Gasteiger partial charge < -0.3 is 9.47 Å². The van der Waals surface area contributed by atoms with Crippen molar-refractivity contribution in [2.45, 2.75) is 33.1 Å². The van der Waals surface area contributed by atoms with E-state index in [1.165, 1.54) is 16.0 Å². The van der Waals surface area contributed by atoms with Gasteiger partial charge in [-0.15, -0.1) is 16.4 Å². The third-order valence-electron chi connectivity index (χ3n) is 3.82. The van der Waals surface area contributed by atoms with Gasteiger partial charge in [0.15, 0.2) is 5.82 Å². The molecule has 3 aromatic rings. The van der Waals surface area contributed by atoms with E-state index in [9.17, 15) is 4.79 Å². The summed E-state index contributed by atoms with van der Waals surface area (Å²) in [4.78, 5) is 18.3. The van der Waals surface area contributed by atoms with Crippen LogP contribution in [0.2, 0.25) is 0 Å². The van der Waals surface area contributed by atoms with Gasteiger partial charge in [0.25, 0.3) is 5.91 Å². The van der Waals surface area contributed by atoms with Crippen LogP contribution in [-0.2, 0) is 0 Å². The first-order valence-corrected chi connectivity index (χ1v) is 10.0. The highest BCUT2D eigenvalue weighted by Gasteiger charge is 2.20. The van der Waals surface area contributed by atoms with E-state index in [4.69, 9.17) is 9.47 Å². The zero-order valence-corrected chi connectivity index (χ0v) is 16.4. The molecule has 6 nitrogen and oxygen atoms in total. The molecule has 0 saturated heterocycles. The summed E-state index contributed by atoms with van der Waals surface area (Å²) in [5.41, 5.74) is 0.516. The molecule has 2 aromatic heterocycles. The van der Waals surface area contributed by atoms with E-state index in [0.29, 0.717) is 24.6 Å². The van der Waals surface area contributed by atoms with Crippen molar-refractivity contribution in [2.75, 3.05) is 13.2 Å². The zero-order chi connectivity index (χ0) is 19.1. The zero-order valence-electron chi connectivity index (χ0n) is 15.6. The number of hydrogen-bond acceptors (Lipinski definition) is 6. The van der Waals surface area contributed by atoms with Crippen LogP contribution in [0.5, 0.6) is 11.8 Å². The Bertz CT molecular complexity index is 857. The summed E-state index contributed by atoms with van der Waals surface area (Å²) in [6, 6.07) is 11.1. The van der Waals surface area contributed by atoms with Crippen molar-refractivity contribution >= 4 is 17.2 Å². The van der Waals surface area contributed by atoms with E-state index in [0.717, 1.165) is 29.9 Å². The molecule has 1 aromatic carbocycles. The van der Waals surface area contributed by atoms with Crippen molar-refractivity contribution in [1.29, 1.82) is 0 Å². The predicted molar refractivity (Wildman–Crippen MR) is 106 cm³/mol. The maximum atomic E-state index is 13.0. The second-order valence-corrected chi connectivity index (χ2v) is 6.93. The molecule has 0 atom stereocenters. The fourth-order valence-electron chi connectivity index (χ4n) is 2.40. The second-order valence-electron chi connectivity index (χ2n) is 5.99. The minimum absolute atomic E-state index is 0.216. The molecule has 0 aliphatic heterocycles. The first kappa shape index (κ1) is 19.1. The Morgan fingerprint density at radius 1 is 1.07 bits per heavy atom. The van der Waals surface area contributed by atoms with Crippen LogP contribution in [0, 0.1) is 0 Å². The molecule has 0 aliphatic carbocycles. The third kappa shape index (κ3) is 4.74. The van der Waals surface area contributed by atoms with Gasteiger partial charge in [-0.3, -0.25) is 4.79 Å². The monoisotopic (exact) mass is 385 g/mol. The number of hydrogen-bond donors (Lipinski definition) is 0. The van der Waals surface area contributed by atoms with Gasteiger partial charge >= 0.3 is 6.01 Å². The molecule has 2 heterocycles. The molecule has 27 heavy (non-hydrogen) atoms. The average Bonchev–Trinajstić information content (AvgIpc) is 3.36. The lowest BCUT2D eigenvalue weighted by atomic mass is 10.2. The molecule has 0 spiro atoms. The maximum Gasteiger partial charge on any atom is 0.336 e. The number of aromatic nitrogens is 3. The lowest BCUT2D eigenvalue weighted by Crippen LogP contribution is -2.15. The van der Waals surface area contributed by atoms with E-state index in [2.05, 4.69) is 17.0 Å². The SMILES string of the molecule is CCCCOc1ccc(C(=O)n2nc(OCCC)nc2-c2cccs2)cc1. The van der Waals surface area contributed by atoms with E-state index in [1.807, 2.05) is 24.4 Å². The Labute approximate surface area is 162 Å². The van der Waals surface area contributed by atoms with Gasteiger partial charge in [-0.2, -0.15) is 9.67 Å². The minimum Gasteiger partial charge on any atom is -0.494 e. The summed E-state index contributed by atoms with van der Waals surface area (Å²) in [6.45, 7) is 5.30. The van der Waals surface area contributed by atoms with Gasteiger partial charge in [0.05, 0.1) is 18.1 Å². The van der Waals surface area contributed by atoms with Crippen LogP contribution in [0.3, 0.4) is 0 Å². The van der Waals surface area contributed by atoms with Gasteiger partial charge in [-0.05, 0) is 48.6 Å².